The van der Waals surface area contributed by atoms with Crippen molar-refractivity contribution in [1.29, 1.82) is 0 Å². The van der Waals surface area contributed by atoms with Crippen molar-refractivity contribution in [3.63, 3.8) is 0 Å². The molecule has 1 aliphatic heterocycles. The minimum Gasteiger partial charge on any atom is -0.496 e. The first-order chi connectivity index (χ1) is 19.7. The molecule has 2 heterocycles. The molecule has 2 aromatic rings. The smallest absolute Gasteiger partial charge is 0.311 e. The first-order valence-corrected chi connectivity index (χ1v) is 14.5. The largest absolute Gasteiger partial charge is 0.496 e. The van der Waals surface area contributed by atoms with Crippen LogP contribution in [0, 0.1) is 17.3 Å². The van der Waals surface area contributed by atoms with E-state index in [1.54, 1.807) is 39.0 Å². The lowest BCUT2D eigenvalue weighted by Crippen LogP contribution is -2.54. The Balaban J connectivity index is 1.80. The van der Waals surface area contributed by atoms with Crippen LogP contribution in [0.1, 0.15) is 70.8 Å². The zero-order valence-electron chi connectivity index (χ0n) is 25.0. The number of halogens is 1. The highest BCUT2D eigenvalue weighted by molar-refractivity contribution is 6.31. The van der Waals surface area contributed by atoms with Crippen LogP contribution in [0.4, 0.5) is 0 Å². The summed E-state index contributed by atoms with van der Waals surface area (Å²) in [6.45, 7) is 8.83. The molecule has 1 fully saturated rings. The van der Waals surface area contributed by atoms with E-state index in [0.29, 0.717) is 34.6 Å². The Kier molecular flexibility index (Phi) is 11.0. The summed E-state index contributed by atoms with van der Waals surface area (Å²) < 4.78 is 10.6. The summed E-state index contributed by atoms with van der Waals surface area (Å²) in [5.74, 6) is -2.37. The number of ketones is 1. The van der Waals surface area contributed by atoms with Gasteiger partial charge in [-0.2, -0.15) is 0 Å². The second kappa shape index (κ2) is 14.0. The number of H-pyrrole nitrogens is 1. The van der Waals surface area contributed by atoms with Crippen molar-refractivity contribution >= 4 is 52.0 Å². The van der Waals surface area contributed by atoms with Crippen molar-refractivity contribution in [3.8, 4) is 5.75 Å². The second-order valence-electron chi connectivity index (χ2n) is 12.1. The second-order valence-corrected chi connectivity index (χ2v) is 12.6. The third kappa shape index (κ3) is 8.70. The number of methoxy groups -OCH3 is 1. The highest BCUT2D eigenvalue weighted by Gasteiger charge is 2.34. The van der Waals surface area contributed by atoms with Gasteiger partial charge in [-0.1, -0.05) is 25.4 Å². The zero-order valence-corrected chi connectivity index (χ0v) is 25.8. The van der Waals surface area contributed by atoms with E-state index in [1.807, 2.05) is 13.8 Å². The van der Waals surface area contributed by atoms with Gasteiger partial charge in [0.2, 0.25) is 11.8 Å². The SMILES string of the molecule is COc1cc(Cl)cc2[nH]c(C(=O)N[C@@H](CC(C)C)C(=O)N[C@@H](C[C@@H]3CCCNC3=O)C(=O)COC(=O)C(C)(C)C)cc12. The monoisotopic (exact) mass is 604 g/mol. The van der Waals surface area contributed by atoms with Crippen molar-refractivity contribution < 1.29 is 33.4 Å². The molecule has 1 aliphatic rings. The standard InChI is InChI=1S/C30H41ClN4O7/c1-16(2)10-22(35-28(39)23-14-19-20(33-23)12-18(31)13-25(19)41-6)27(38)34-21(11-17-8-7-9-32-26(17)37)24(36)15-42-29(40)30(3,4)5/h12-14,16-17,21-22,33H,7-11,15H2,1-6H3,(H,32,37)(H,34,38)(H,35,39)/t17-,21-,22-/m0/s1. The molecule has 3 amide bonds. The van der Waals surface area contributed by atoms with E-state index in [0.717, 1.165) is 6.42 Å². The molecule has 0 aliphatic carbocycles. The topological polar surface area (TPSA) is 156 Å². The normalized spacial score (nSPS) is 16.9. The van der Waals surface area contributed by atoms with Gasteiger partial charge in [0, 0.05) is 22.9 Å². The van der Waals surface area contributed by atoms with Crippen LogP contribution < -0.4 is 20.7 Å². The molecule has 1 aromatic heterocycles. The molecule has 0 bridgehead atoms. The number of esters is 1. The lowest BCUT2D eigenvalue weighted by Gasteiger charge is -2.28. The Morgan fingerprint density at radius 1 is 1.10 bits per heavy atom. The van der Waals surface area contributed by atoms with Gasteiger partial charge in [-0.05, 0) is 70.6 Å². The third-order valence-corrected chi connectivity index (χ3v) is 7.26. The van der Waals surface area contributed by atoms with Gasteiger partial charge < -0.3 is 30.4 Å². The van der Waals surface area contributed by atoms with Gasteiger partial charge in [-0.25, -0.2) is 0 Å². The van der Waals surface area contributed by atoms with Gasteiger partial charge in [0.25, 0.3) is 5.91 Å². The van der Waals surface area contributed by atoms with E-state index in [2.05, 4.69) is 20.9 Å². The number of benzene rings is 1. The van der Waals surface area contributed by atoms with E-state index < -0.39 is 53.6 Å². The number of aromatic nitrogens is 1. The Bertz CT molecular complexity index is 1330. The average molecular weight is 605 g/mol. The van der Waals surface area contributed by atoms with Crippen molar-refractivity contribution in [1.82, 2.24) is 20.9 Å². The van der Waals surface area contributed by atoms with Crippen LogP contribution >= 0.6 is 11.6 Å². The van der Waals surface area contributed by atoms with Crippen molar-refractivity contribution in [2.45, 2.75) is 72.4 Å². The number of amides is 3. The predicted octanol–water partition coefficient (Wildman–Crippen LogP) is 3.53. The van der Waals surface area contributed by atoms with E-state index in [9.17, 15) is 24.0 Å². The lowest BCUT2D eigenvalue weighted by atomic mass is 9.89. The third-order valence-electron chi connectivity index (χ3n) is 7.04. The summed E-state index contributed by atoms with van der Waals surface area (Å²) in [6.07, 6.45) is 1.65. The summed E-state index contributed by atoms with van der Waals surface area (Å²) in [4.78, 5) is 67.8. The summed E-state index contributed by atoms with van der Waals surface area (Å²) in [5.41, 5.74) is -0.0179. The Morgan fingerprint density at radius 2 is 1.81 bits per heavy atom. The van der Waals surface area contributed by atoms with Gasteiger partial charge in [-0.3, -0.25) is 24.0 Å². The fourth-order valence-corrected chi connectivity index (χ4v) is 4.95. The number of ether oxygens (including phenoxy) is 2. The minimum atomic E-state index is -1.09. The quantitative estimate of drug-likeness (QED) is 0.270. The summed E-state index contributed by atoms with van der Waals surface area (Å²) in [5, 5.41) is 9.38. The zero-order chi connectivity index (χ0) is 31.2. The number of hydrogen-bond acceptors (Lipinski definition) is 7. The number of fused-ring (bicyclic) bond motifs is 1. The van der Waals surface area contributed by atoms with Crippen LogP contribution in [0.3, 0.4) is 0 Å². The molecule has 0 spiro atoms. The molecular weight excluding hydrogens is 564 g/mol. The number of Topliss-reactive ketones (excluding diaryl/α,β-unsaturated/α-hetero) is 1. The average Bonchev–Trinajstić information content (AvgIpc) is 3.34. The number of carbonyl (C=O) groups excluding carboxylic acids is 5. The first-order valence-electron chi connectivity index (χ1n) is 14.1. The maximum atomic E-state index is 13.6. The van der Waals surface area contributed by atoms with Crippen LogP contribution in [0.25, 0.3) is 10.9 Å². The number of aromatic amines is 1. The van der Waals surface area contributed by atoms with Crippen LogP contribution in [-0.2, 0) is 23.9 Å². The molecular formula is C30H41ClN4O7. The summed E-state index contributed by atoms with van der Waals surface area (Å²) in [6, 6.07) is 2.84. The summed E-state index contributed by atoms with van der Waals surface area (Å²) >= 11 is 6.16. The summed E-state index contributed by atoms with van der Waals surface area (Å²) in [7, 11) is 1.50. The Labute approximate surface area is 250 Å². The van der Waals surface area contributed by atoms with Crippen LogP contribution in [0.15, 0.2) is 18.2 Å². The van der Waals surface area contributed by atoms with Gasteiger partial charge in [-0.15, -0.1) is 0 Å². The van der Waals surface area contributed by atoms with Crippen molar-refractivity contribution in [2.24, 2.45) is 17.3 Å². The number of carbonyl (C=O) groups is 5. The number of hydrogen-bond donors (Lipinski definition) is 4. The van der Waals surface area contributed by atoms with E-state index in [4.69, 9.17) is 21.1 Å². The van der Waals surface area contributed by atoms with Crippen molar-refractivity contribution in [3.05, 3.63) is 28.9 Å². The molecule has 0 radical (unpaired) electrons. The molecule has 3 atom stereocenters. The van der Waals surface area contributed by atoms with Crippen LogP contribution in [0.5, 0.6) is 5.75 Å². The molecule has 0 unspecified atom stereocenters. The fraction of sp³-hybridized carbons (Fsp3) is 0.567. The van der Waals surface area contributed by atoms with Crippen molar-refractivity contribution in [2.75, 3.05) is 20.3 Å². The number of nitrogens with one attached hydrogen (secondary N) is 4. The molecule has 11 nitrogen and oxygen atoms in total. The Hall–Kier alpha value is -3.60. The van der Waals surface area contributed by atoms with Gasteiger partial charge >= 0.3 is 5.97 Å². The van der Waals surface area contributed by atoms with E-state index >= 15 is 0 Å². The molecule has 3 rings (SSSR count). The molecule has 4 N–H and O–H groups in total. The van der Waals surface area contributed by atoms with E-state index in [1.165, 1.54) is 7.11 Å². The fourth-order valence-electron chi connectivity index (χ4n) is 4.74. The molecule has 12 heteroatoms. The first kappa shape index (κ1) is 32.9. The molecule has 1 saturated heterocycles. The number of piperidine rings is 1. The molecule has 42 heavy (non-hydrogen) atoms. The minimum absolute atomic E-state index is 0.0219. The van der Waals surface area contributed by atoms with Gasteiger partial charge in [0.05, 0.1) is 24.1 Å². The van der Waals surface area contributed by atoms with E-state index in [-0.39, 0.29) is 30.4 Å². The number of rotatable bonds is 12. The lowest BCUT2D eigenvalue weighted by molar-refractivity contribution is -0.156. The van der Waals surface area contributed by atoms with Gasteiger partial charge in [0.15, 0.2) is 12.4 Å². The maximum Gasteiger partial charge on any atom is 0.311 e. The molecule has 0 saturated carbocycles. The highest BCUT2D eigenvalue weighted by Crippen LogP contribution is 2.30. The predicted molar refractivity (Wildman–Crippen MR) is 158 cm³/mol. The van der Waals surface area contributed by atoms with Crippen LogP contribution in [0.2, 0.25) is 5.02 Å². The molecule has 230 valence electrons. The van der Waals surface area contributed by atoms with Crippen LogP contribution in [-0.4, -0.2) is 66.8 Å². The Morgan fingerprint density at radius 3 is 2.43 bits per heavy atom. The highest BCUT2D eigenvalue weighted by atomic mass is 35.5. The maximum absolute atomic E-state index is 13.6. The molecule has 1 aromatic carbocycles. The van der Waals surface area contributed by atoms with Gasteiger partial charge in [0.1, 0.15) is 17.5 Å².